The summed E-state index contributed by atoms with van der Waals surface area (Å²) in [5, 5.41) is 0. The van der Waals surface area contributed by atoms with Gasteiger partial charge in [0.1, 0.15) is 5.75 Å². The van der Waals surface area contributed by atoms with E-state index in [4.69, 9.17) is 9.47 Å². The first-order valence-corrected chi connectivity index (χ1v) is 5.59. The van der Waals surface area contributed by atoms with Gasteiger partial charge in [-0.3, -0.25) is 0 Å². The van der Waals surface area contributed by atoms with Crippen molar-refractivity contribution in [3.63, 3.8) is 0 Å². The Kier molecular flexibility index (Phi) is 3.27. The molecule has 0 amide bonds. The van der Waals surface area contributed by atoms with Crippen LogP contribution in [0, 0.1) is 0 Å². The number of hydrogen-bond acceptors (Lipinski definition) is 2. The second kappa shape index (κ2) is 4.67. The summed E-state index contributed by atoms with van der Waals surface area (Å²) >= 11 is 0. The fraction of sp³-hybridized carbons (Fsp3) is 0.538. The van der Waals surface area contributed by atoms with Crippen molar-refractivity contribution in [2.75, 3.05) is 7.11 Å². The molecule has 1 unspecified atom stereocenters. The Morgan fingerprint density at radius 3 is 2.53 bits per heavy atom. The van der Waals surface area contributed by atoms with E-state index in [1.54, 1.807) is 7.11 Å². The summed E-state index contributed by atoms with van der Waals surface area (Å²) in [4.78, 5) is 0. The van der Waals surface area contributed by atoms with Crippen LogP contribution in [0.1, 0.15) is 37.9 Å². The molecular weight excluding hydrogens is 188 g/mol. The number of methoxy groups -OCH3 is 1. The van der Waals surface area contributed by atoms with Crippen molar-refractivity contribution in [2.24, 2.45) is 0 Å². The maximum atomic E-state index is 5.91. The second-order valence-corrected chi connectivity index (χ2v) is 4.14. The Morgan fingerprint density at radius 1 is 1.20 bits per heavy atom. The van der Waals surface area contributed by atoms with E-state index in [1.807, 2.05) is 12.1 Å². The SMILES string of the molecule is COc1ccc(C2CCC[C@H](C)O2)cc1. The highest BCUT2D eigenvalue weighted by Crippen LogP contribution is 2.31. The fourth-order valence-corrected chi connectivity index (χ4v) is 2.07. The third-order valence-electron chi connectivity index (χ3n) is 2.96. The molecule has 1 aliphatic heterocycles. The largest absolute Gasteiger partial charge is 0.497 e. The van der Waals surface area contributed by atoms with E-state index in [2.05, 4.69) is 19.1 Å². The molecule has 1 fully saturated rings. The van der Waals surface area contributed by atoms with Crippen LogP contribution in [-0.4, -0.2) is 13.2 Å². The van der Waals surface area contributed by atoms with E-state index in [-0.39, 0.29) is 6.10 Å². The highest BCUT2D eigenvalue weighted by molar-refractivity contribution is 5.28. The predicted molar refractivity (Wildman–Crippen MR) is 60.1 cm³/mol. The Morgan fingerprint density at radius 2 is 1.93 bits per heavy atom. The monoisotopic (exact) mass is 206 g/mol. The normalized spacial score (nSPS) is 26.3. The topological polar surface area (TPSA) is 18.5 Å². The molecule has 0 aliphatic carbocycles. The first-order valence-electron chi connectivity index (χ1n) is 5.59. The molecule has 1 aromatic carbocycles. The Balaban J connectivity index is 2.07. The lowest BCUT2D eigenvalue weighted by atomic mass is 9.99. The molecule has 1 aliphatic rings. The lowest BCUT2D eigenvalue weighted by Crippen LogP contribution is -2.19. The van der Waals surface area contributed by atoms with Gasteiger partial charge in [0.15, 0.2) is 0 Å². The highest BCUT2D eigenvalue weighted by Gasteiger charge is 2.20. The quantitative estimate of drug-likeness (QED) is 0.739. The van der Waals surface area contributed by atoms with Gasteiger partial charge in [-0.25, -0.2) is 0 Å². The van der Waals surface area contributed by atoms with Crippen molar-refractivity contribution in [2.45, 2.75) is 38.4 Å². The van der Waals surface area contributed by atoms with E-state index in [1.165, 1.54) is 18.4 Å². The van der Waals surface area contributed by atoms with Crippen LogP contribution >= 0.6 is 0 Å². The Labute approximate surface area is 91.2 Å². The Hall–Kier alpha value is -1.02. The number of ether oxygens (including phenoxy) is 2. The van der Waals surface area contributed by atoms with Gasteiger partial charge < -0.3 is 9.47 Å². The first kappa shape index (κ1) is 10.5. The fourth-order valence-electron chi connectivity index (χ4n) is 2.07. The van der Waals surface area contributed by atoms with Crippen LogP contribution in [0.4, 0.5) is 0 Å². The van der Waals surface area contributed by atoms with Crippen molar-refractivity contribution in [1.82, 2.24) is 0 Å². The average molecular weight is 206 g/mol. The summed E-state index contributed by atoms with van der Waals surface area (Å²) in [6.45, 7) is 2.15. The van der Waals surface area contributed by atoms with Gasteiger partial charge in [0.25, 0.3) is 0 Å². The van der Waals surface area contributed by atoms with Crippen LogP contribution in [-0.2, 0) is 4.74 Å². The molecule has 2 atom stereocenters. The molecule has 1 heterocycles. The molecule has 0 bridgehead atoms. The Bertz CT molecular complexity index is 305. The van der Waals surface area contributed by atoms with Gasteiger partial charge >= 0.3 is 0 Å². The summed E-state index contributed by atoms with van der Waals surface area (Å²) in [6.07, 6.45) is 4.26. The summed E-state index contributed by atoms with van der Waals surface area (Å²) in [5.41, 5.74) is 1.27. The molecule has 15 heavy (non-hydrogen) atoms. The molecule has 0 aromatic heterocycles. The third kappa shape index (κ3) is 2.51. The van der Waals surface area contributed by atoms with Gasteiger partial charge in [-0.1, -0.05) is 12.1 Å². The van der Waals surface area contributed by atoms with E-state index in [0.717, 1.165) is 12.2 Å². The zero-order valence-electron chi connectivity index (χ0n) is 9.40. The number of hydrogen-bond donors (Lipinski definition) is 0. The molecule has 0 saturated carbocycles. The zero-order chi connectivity index (χ0) is 10.7. The van der Waals surface area contributed by atoms with Crippen LogP contribution in [0.2, 0.25) is 0 Å². The standard InChI is InChI=1S/C13H18O2/c1-10-4-3-5-13(15-10)11-6-8-12(14-2)9-7-11/h6-10,13H,3-5H2,1-2H3/t10-,13?/m0/s1. The average Bonchev–Trinajstić information content (AvgIpc) is 2.29. The molecule has 0 radical (unpaired) electrons. The van der Waals surface area contributed by atoms with Crippen molar-refractivity contribution in [1.29, 1.82) is 0 Å². The molecular formula is C13H18O2. The van der Waals surface area contributed by atoms with Crippen LogP contribution < -0.4 is 4.74 Å². The van der Waals surface area contributed by atoms with Crippen molar-refractivity contribution in [3.05, 3.63) is 29.8 Å². The molecule has 1 aromatic rings. The summed E-state index contributed by atoms with van der Waals surface area (Å²) in [5.74, 6) is 0.905. The highest BCUT2D eigenvalue weighted by atomic mass is 16.5. The van der Waals surface area contributed by atoms with E-state index < -0.39 is 0 Å². The maximum Gasteiger partial charge on any atom is 0.118 e. The minimum atomic E-state index is 0.277. The van der Waals surface area contributed by atoms with E-state index in [0.29, 0.717) is 6.10 Å². The van der Waals surface area contributed by atoms with Gasteiger partial charge in [-0.2, -0.15) is 0 Å². The molecule has 0 spiro atoms. The smallest absolute Gasteiger partial charge is 0.118 e. The second-order valence-electron chi connectivity index (χ2n) is 4.14. The van der Waals surface area contributed by atoms with Crippen LogP contribution in [0.25, 0.3) is 0 Å². The summed E-state index contributed by atoms with van der Waals surface area (Å²) < 4.78 is 11.0. The van der Waals surface area contributed by atoms with Gasteiger partial charge in [0.05, 0.1) is 19.3 Å². The molecule has 0 N–H and O–H groups in total. The van der Waals surface area contributed by atoms with Crippen LogP contribution in [0.5, 0.6) is 5.75 Å². The lowest BCUT2D eigenvalue weighted by molar-refractivity contribution is -0.0414. The van der Waals surface area contributed by atoms with Gasteiger partial charge in [-0.05, 0) is 43.9 Å². The molecule has 2 nitrogen and oxygen atoms in total. The lowest BCUT2D eigenvalue weighted by Gasteiger charge is -2.28. The third-order valence-corrected chi connectivity index (χ3v) is 2.96. The molecule has 82 valence electrons. The molecule has 2 rings (SSSR count). The first-order chi connectivity index (χ1) is 7.29. The van der Waals surface area contributed by atoms with Crippen LogP contribution in [0.3, 0.4) is 0 Å². The summed E-state index contributed by atoms with van der Waals surface area (Å²) in [6, 6.07) is 8.19. The molecule has 2 heteroatoms. The minimum absolute atomic E-state index is 0.277. The maximum absolute atomic E-state index is 5.91. The van der Waals surface area contributed by atoms with E-state index >= 15 is 0 Å². The van der Waals surface area contributed by atoms with Gasteiger partial charge in [-0.15, -0.1) is 0 Å². The van der Waals surface area contributed by atoms with Crippen molar-refractivity contribution >= 4 is 0 Å². The van der Waals surface area contributed by atoms with Gasteiger partial charge in [0, 0.05) is 0 Å². The summed E-state index contributed by atoms with van der Waals surface area (Å²) in [7, 11) is 1.69. The number of rotatable bonds is 2. The van der Waals surface area contributed by atoms with Gasteiger partial charge in [0.2, 0.25) is 0 Å². The number of benzene rings is 1. The minimum Gasteiger partial charge on any atom is -0.497 e. The predicted octanol–water partition coefficient (Wildman–Crippen LogP) is 3.33. The van der Waals surface area contributed by atoms with Crippen molar-refractivity contribution in [3.8, 4) is 5.75 Å². The zero-order valence-corrected chi connectivity index (χ0v) is 9.40. The molecule has 1 saturated heterocycles. The van der Waals surface area contributed by atoms with Crippen molar-refractivity contribution < 1.29 is 9.47 Å². The van der Waals surface area contributed by atoms with E-state index in [9.17, 15) is 0 Å². The van der Waals surface area contributed by atoms with Crippen LogP contribution in [0.15, 0.2) is 24.3 Å².